The Labute approximate surface area is 155 Å². The summed E-state index contributed by atoms with van der Waals surface area (Å²) in [6.45, 7) is 4.51. The van der Waals surface area contributed by atoms with E-state index in [9.17, 15) is 9.18 Å². The van der Waals surface area contributed by atoms with E-state index >= 15 is 0 Å². The molecule has 1 amide bonds. The summed E-state index contributed by atoms with van der Waals surface area (Å²) in [6.07, 6.45) is 2.93. The van der Waals surface area contributed by atoms with Crippen LogP contribution in [0, 0.1) is 5.82 Å². The average molecular weight is 363 g/mol. The minimum Gasteiger partial charge on any atom is -0.367 e. The number of halogens is 1. The fourth-order valence-electron chi connectivity index (χ4n) is 2.90. The van der Waals surface area contributed by atoms with Crippen LogP contribution < -0.4 is 15.5 Å². The third kappa shape index (κ3) is 5.89. The highest BCUT2D eigenvalue weighted by atomic mass is 19.1. The number of likely N-dealkylation sites (N-methyl/N-ethyl adjacent to an activating group) is 1. The van der Waals surface area contributed by atoms with Gasteiger partial charge in [0.05, 0.1) is 5.69 Å². The number of para-hydroxylation sites is 1. The van der Waals surface area contributed by atoms with E-state index in [1.54, 1.807) is 20.2 Å². The van der Waals surface area contributed by atoms with Gasteiger partial charge in [-0.25, -0.2) is 9.38 Å². The van der Waals surface area contributed by atoms with Crippen LogP contribution in [0.4, 0.5) is 10.1 Å². The van der Waals surface area contributed by atoms with E-state index in [0.29, 0.717) is 18.2 Å². The maximum atomic E-state index is 14.1. The molecule has 7 heteroatoms. The van der Waals surface area contributed by atoms with Crippen molar-refractivity contribution >= 4 is 17.6 Å². The first-order chi connectivity index (χ1) is 12.5. The molecule has 6 nitrogen and oxygen atoms in total. The first-order valence-electron chi connectivity index (χ1n) is 9.25. The number of aliphatic imine (C=N–C) groups is 1. The lowest BCUT2D eigenvalue weighted by Gasteiger charge is -2.35. The highest BCUT2D eigenvalue weighted by Gasteiger charge is 2.22. The third-order valence-corrected chi connectivity index (χ3v) is 4.37. The van der Waals surface area contributed by atoms with Crippen LogP contribution in [-0.2, 0) is 4.79 Å². The summed E-state index contributed by atoms with van der Waals surface area (Å²) >= 11 is 0. The maximum Gasteiger partial charge on any atom is 0.243 e. The lowest BCUT2D eigenvalue weighted by molar-refractivity contribution is -0.127. The fraction of sp³-hybridized carbons (Fsp3) is 0.579. The number of amides is 1. The highest BCUT2D eigenvalue weighted by Crippen LogP contribution is 2.22. The zero-order valence-electron chi connectivity index (χ0n) is 16.0. The molecule has 0 bridgehead atoms. The van der Waals surface area contributed by atoms with Crippen LogP contribution in [0.2, 0.25) is 0 Å². The van der Waals surface area contributed by atoms with E-state index < -0.39 is 0 Å². The maximum absolute atomic E-state index is 14.1. The molecular formula is C19H30FN5O. The molecule has 0 spiro atoms. The van der Waals surface area contributed by atoms with Gasteiger partial charge in [-0.1, -0.05) is 19.1 Å². The molecule has 2 rings (SSSR count). The van der Waals surface area contributed by atoms with Crippen LogP contribution in [0.15, 0.2) is 29.3 Å². The molecule has 1 aliphatic rings. The van der Waals surface area contributed by atoms with Crippen molar-refractivity contribution in [1.82, 2.24) is 15.5 Å². The Hall–Kier alpha value is -2.31. The fourth-order valence-corrected chi connectivity index (χ4v) is 2.90. The van der Waals surface area contributed by atoms with Crippen molar-refractivity contribution in [3.63, 3.8) is 0 Å². The van der Waals surface area contributed by atoms with Gasteiger partial charge < -0.3 is 20.4 Å². The largest absolute Gasteiger partial charge is 0.367 e. The van der Waals surface area contributed by atoms with Crippen molar-refractivity contribution in [2.75, 3.05) is 45.2 Å². The predicted octanol–water partition coefficient (Wildman–Crippen LogP) is 1.83. The second-order valence-electron chi connectivity index (χ2n) is 6.76. The Bertz CT molecular complexity index is 620. The van der Waals surface area contributed by atoms with Crippen LogP contribution in [0.5, 0.6) is 0 Å². The number of rotatable bonds is 6. The quantitative estimate of drug-likeness (QED) is 0.598. The molecule has 1 aliphatic heterocycles. The minimum absolute atomic E-state index is 0.0424. The molecule has 1 atom stereocenters. The van der Waals surface area contributed by atoms with Crippen molar-refractivity contribution in [2.45, 2.75) is 32.2 Å². The first-order valence-corrected chi connectivity index (χ1v) is 9.25. The molecule has 1 saturated heterocycles. The third-order valence-electron chi connectivity index (χ3n) is 4.37. The molecule has 1 aromatic carbocycles. The molecule has 1 heterocycles. The molecule has 0 aromatic heterocycles. The van der Waals surface area contributed by atoms with E-state index in [2.05, 4.69) is 27.4 Å². The second-order valence-corrected chi connectivity index (χ2v) is 6.76. The van der Waals surface area contributed by atoms with Gasteiger partial charge in [-0.3, -0.25) is 4.79 Å². The summed E-state index contributed by atoms with van der Waals surface area (Å²) in [5.41, 5.74) is 0.641. The summed E-state index contributed by atoms with van der Waals surface area (Å²) in [5.74, 6) is 0.407. The van der Waals surface area contributed by atoms with Crippen molar-refractivity contribution in [3.8, 4) is 0 Å². The Kier molecular flexibility index (Phi) is 7.69. The van der Waals surface area contributed by atoms with E-state index in [-0.39, 0.29) is 24.3 Å². The van der Waals surface area contributed by atoms with Gasteiger partial charge >= 0.3 is 0 Å². The van der Waals surface area contributed by atoms with Gasteiger partial charge in [-0.15, -0.1) is 0 Å². The number of nitrogens with zero attached hydrogens (tertiary/aromatic N) is 3. The Balaban J connectivity index is 2.01. The van der Waals surface area contributed by atoms with Gasteiger partial charge in [-0.2, -0.15) is 0 Å². The van der Waals surface area contributed by atoms with Crippen LogP contribution in [0.1, 0.15) is 26.2 Å². The SMILES string of the molecule is CCCNC(=NCC(=O)N(C)C)NC1CCCN(c2ccccc2F)C1. The lowest BCUT2D eigenvalue weighted by Crippen LogP contribution is -2.51. The Morgan fingerprint density at radius 3 is 2.85 bits per heavy atom. The molecular weight excluding hydrogens is 333 g/mol. The molecule has 26 heavy (non-hydrogen) atoms. The Morgan fingerprint density at radius 1 is 1.38 bits per heavy atom. The minimum atomic E-state index is -0.192. The standard InChI is InChI=1S/C19H30FN5O/c1-4-11-21-19(22-13-18(26)24(2)3)23-15-8-7-12-25(14-15)17-10-6-5-9-16(17)20/h5-6,9-10,15H,4,7-8,11-14H2,1-3H3,(H2,21,22,23). The molecule has 2 N–H and O–H groups in total. The average Bonchev–Trinajstić information content (AvgIpc) is 2.64. The number of guanidine groups is 1. The number of benzene rings is 1. The summed E-state index contributed by atoms with van der Waals surface area (Å²) in [5, 5.41) is 6.66. The van der Waals surface area contributed by atoms with Gasteiger partial charge in [0.1, 0.15) is 12.4 Å². The smallest absolute Gasteiger partial charge is 0.243 e. The van der Waals surface area contributed by atoms with Crippen LogP contribution in [0.25, 0.3) is 0 Å². The van der Waals surface area contributed by atoms with Crippen molar-refractivity contribution in [2.24, 2.45) is 4.99 Å². The summed E-state index contributed by atoms with van der Waals surface area (Å²) in [6, 6.07) is 7.03. The number of carbonyl (C=O) groups is 1. The molecule has 0 aliphatic carbocycles. The normalized spacial score (nSPS) is 17.8. The van der Waals surface area contributed by atoms with Gasteiger partial charge in [-0.05, 0) is 31.4 Å². The summed E-state index contributed by atoms with van der Waals surface area (Å²) in [7, 11) is 3.44. The highest BCUT2D eigenvalue weighted by molar-refractivity contribution is 5.85. The van der Waals surface area contributed by atoms with Gasteiger partial charge in [0.15, 0.2) is 5.96 Å². The number of anilines is 1. The Morgan fingerprint density at radius 2 is 2.15 bits per heavy atom. The van der Waals surface area contributed by atoms with Crippen molar-refractivity contribution < 1.29 is 9.18 Å². The van der Waals surface area contributed by atoms with E-state index in [1.807, 2.05) is 12.1 Å². The van der Waals surface area contributed by atoms with Crippen LogP contribution >= 0.6 is 0 Å². The number of hydrogen-bond acceptors (Lipinski definition) is 3. The molecule has 1 unspecified atom stereocenters. The first kappa shape index (κ1) is 20.0. The van der Waals surface area contributed by atoms with Gasteiger partial charge in [0.2, 0.25) is 5.91 Å². The van der Waals surface area contributed by atoms with Gasteiger partial charge in [0.25, 0.3) is 0 Å². The summed E-state index contributed by atoms with van der Waals surface area (Å²) in [4.78, 5) is 19.8. The van der Waals surface area contributed by atoms with Crippen LogP contribution in [-0.4, -0.2) is 63.1 Å². The molecule has 1 fully saturated rings. The predicted molar refractivity (Wildman–Crippen MR) is 104 cm³/mol. The van der Waals surface area contributed by atoms with Crippen molar-refractivity contribution in [1.29, 1.82) is 0 Å². The number of carbonyl (C=O) groups excluding carboxylic acids is 1. The molecule has 0 saturated carbocycles. The summed E-state index contributed by atoms with van der Waals surface area (Å²) < 4.78 is 14.1. The molecule has 144 valence electrons. The number of hydrogen-bond donors (Lipinski definition) is 2. The second kappa shape index (κ2) is 9.99. The molecule has 0 radical (unpaired) electrons. The van der Waals surface area contributed by atoms with E-state index in [0.717, 1.165) is 32.4 Å². The zero-order valence-corrected chi connectivity index (χ0v) is 16.0. The zero-order chi connectivity index (χ0) is 18.9. The topological polar surface area (TPSA) is 60.0 Å². The van der Waals surface area contributed by atoms with Gasteiger partial charge in [0, 0.05) is 39.8 Å². The lowest BCUT2D eigenvalue weighted by atomic mass is 10.0. The monoisotopic (exact) mass is 363 g/mol. The number of piperidine rings is 1. The van der Waals surface area contributed by atoms with Crippen LogP contribution in [0.3, 0.4) is 0 Å². The molecule has 1 aromatic rings. The van der Waals surface area contributed by atoms with E-state index in [4.69, 9.17) is 0 Å². The van der Waals surface area contributed by atoms with Crippen molar-refractivity contribution in [3.05, 3.63) is 30.1 Å². The van der Waals surface area contributed by atoms with E-state index in [1.165, 1.54) is 11.0 Å². The number of nitrogens with one attached hydrogen (secondary N) is 2.